The van der Waals surface area contributed by atoms with E-state index >= 15 is 0 Å². The van der Waals surface area contributed by atoms with Crippen molar-refractivity contribution < 1.29 is 23.8 Å². The number of rotatable bonds is 4. The molecular formula is C47H42BrN5O5S2. The highest BCUT2D eigenvalue weighted by molar-refractivity contribution is 9.10. The first-order chi connectivity index (χ1) is 28.4. The average molecular weight is 901 g/mol. The maximum absolute atomic E-state index is 11.2. The molecule has 9 rings (SSSR count). The summed E-state index contributed by atoms with van der Waals surface area (Å²) < 4.78 is 17.2. The number of carbonyl (C=O) groups is 2. The Morgan fingerprint density at radius 1 is 0.700 bits per heavy atom. The van der Waals surface area contributed by atoms with Gasteiger partial charge in [-0.2, -0.15) is 22.7 Å². The van der Waals surface area contributed by atoms with Crippen molar-refractivity contribution in [3.8, 4) is 39.5 Å². The maximum atomic E-state index is 11.2. The highest BCUT2D eigenvalue weighted by Gasteiger charge is 2.20. The molecule has 3 aromatic carbocycles. The number of nitrogens with zero attached hydrogens (tertiary/aromatic N) is 2. The first-order valence-electron chi connectivity index (χ1n) is 17.5. The number of H-pyrrole nitrogens is 1. The Balaban J connectivity index is 0.000000183. The van der Waals surface area contributed by atoms with Gasteiger partial charge in [0.2, 0.25) is 0 Å². The van der Waals surface area contributed by atoms with E-state index in [1.807, 2.05) is 48.0 Å². The van der Waals surface area contributed by atoms with Crippen molar-refractivity contribution in [3.63, 3.8) is 0 Å². The molecule has 3 aliphatic rings. The molecule has 0 aliphatic carbocycles. The van der Waals surface area contributed by atoms with Gasteiger partial charge in [0.15, 0.2) is 13.2 Å². The molecule has 10 nitrogen and oxygen atoms in total. The number of thiophene rings is 2. The summed E-state index contributed by atoms with van der Waals surface area (Å²) in [7, 11) is 0. The van der Waals surface area contributed by atoms with Crippen molar-refractivity contribution in [2.45, 2.75) is 21.4 Å². The van der Waals surface area contributed by atoms with Crippen molar-refractivity contribution in [2.75, 3.05) is 41.9 Å². The molecule has 3 N–H and O–H groups in total. The third-order valence-corrected chi connectivity index (χ3v) is 10.0. The maximum Gasteiger partial charge on any atom is 0.262 e. The normalized spacial score (nSPS) is 12.0. The van der Waals surface area contributed by atoms with Crippen LogP contribution in [0.1, 0.15) is 20.5 Å². The number of anilines is 3. The van der Waals surface area contributed by atoms with E-state index in [0.29, 0.717) is 0 Å². The summed E-state index contributed by atoms with van der Waals surface area (Å²) in [4.78, 5) is 31.7. The van der Waals surface area contributed by atoms with Crippen LogP contribution in [0.4, 0.5) is 17.1 Å². The minimum Gasteiger partial charge on any atom is -0.490 e. The monoisotopic (exact) mass is 899 g/mol. The molecule has 13 heteroatoms. The number of ether oxygens (including phenoxy) is 3. The van der Waals surface area contributed by atoms with Crippen molar-refractivity contribution >= 4 is 67.5 Å². The number of hydrogen-bond donors (Lipinski definition) is 3. The number of aromatic amines is 1. The summed E-state index contributed by atoms with van der Waals surface area (Å²) in [5.41, 5.74) is 25.5. The molecular weight excluding hydrogens is 859 g/mol. The lowest BCUT2D eigenvalue weighted by atomic mass is 10.1. The molecule has 0 saturated carbocycles. The molecule has 304 valence electrons. The molecule has 3 aliphatic heterocycles. The number of benzene rings is 3. The lowest BCUT2D eigenvalue weighted by Crippen LogP contribution is -2.32. The molecule has 60 heavy (non-hydrogen) atoms. The van der Waals surface area contributed by atoms with E-state index in [4.69, 9.17) is 14.2 Å². The predicted molar refractivity (Wildman–Crippen MR) is 246 cm³/mol. The highest BCUT2D eigenvalue weighted by Crippen LogP contribution is 2.37. The van der Waals surface area contributed by atoms with Crippen LogP contribution in [0.3, 0.4) is 0 Å². The van der Waals surface area contributed by atoms with E-state index in [9.17, 15) is 9.59 Å². The topological polar surface area (TPSA) is 118 Å². The second-order valence-corrected chi connectivity index (χ2v) is 14.5. The van der Waals surface area contributed by atoms with Crippen LogP contribution >= 0.6 is 38.6 Å². The smallest absolute Gasteiger partial charge is 0.262 e. The van der Waals surface area contributed by atoms with Crippen LogP contribution < -0.4 is 29.7 Å². The number of carbonyl (C=O) groups excluding carboxylic acids is 2. The molecule has 0 unspecified atom stereocenters. The minimum atomic E-state index is -0.111. The molecule has 6 aromatic rings. The third-order valence-electron chi connectivity index (χ3n) is 8.16. The summed E-state index contributed by atoms with van der Waals surface area (Å²) in [6.07, 6.45) is 3.59. The molecule has 0 atom stereocenters. The SMILES string of the molecule is C.C.C=C=C=C=C=C=C=C=C.O=C1COc2ccc(-c3ccsc3)cc2N1.O=C1COc2ccc(Br)cc2N1.c1ncc(CN2CCOc3ccc(-c4ccsc4)cc32)[nH]1. The quantitative estimate of drug-likeness (QED) is 0.151. The Bertz CT molecular complexity index is 2600. The van der Waals surface area contributed by atoms with Crippen molar-refractivity contribution in [1.82, 2.24) is 9.97 Å². The summed E-state index contributed by atoms with van der Waals surface area (Å²) in [6.45, 7) is 9.17. The van der Waals surface area contributed by atoms with Gasteiger partial charge in [0.1, 0.15) is 23.9 Å². The standard InChI is InChI=1S/C16H15N3OS.C12H9NO2S.C9H4.C8H6BrNO2.2CH4/c1-2-16-15(7-12(1)13-3-6-21-10-13)19(4-5-20-16)9-14-8-17-11-18-14;14-12-6-15-11-2-1-8(5-10(11)13-12)9-3-4-16-7-9;1-3-5-7-9-8-6-4-2;9-5-1-2-7-6(3-5)10-8(11)4-12-7;;/h1-3,6-8,10-11H,4-5,9H2,(H,17,18);1-5,7H,6H2,(H,13,14);1-2H2;1-3H,4H2,(H,10,11);2*1H4. The summed E-state index contributed by atoms with van der Waals surface area (Å²) in [5.74, 6) is 2.20. The molecule has 6 heterocycles. The van der Waals surface area contributed by atoms with Gasteiger partial charge in [-0.3, -0.25) is 9.59 Å². The second-order valence-electron chi connectivity index (χ2n) is 12.1. The fourth-order valence-corrected chi connectivity index (χ4v) is 7.24. The van der Waals surface area contributed by atoms with E-state index in [1.54, 1.807) is 29.0 Å². The average Bonchev–Trinajstić information content (AvgIpc) is 4.07. The van der Waals surface area contributed by atoms with Crippen molar-refractivity contribution in [2.24, 2.45) is 0 Å². The Labute approximate surface area is 366 Å². The lowest BCUT2D eigenvalue weighted by molar-refractivity contribution is -0.119. The first kappa shape index (κ1) is 45.8. The Morgan fingerprint density at radius 3 is 1.83 bits per heavy atom. The van der Waals surface area contributed by atoms with Gasteiger partial charge in [-0.25, -0.2) is 4.98 Å². The van der Waals surface area contributed by atoms with Gasteiger partial charge < -0.3 is 34.7 Å². The van der Waals surface area contributed by atoms with E-state index in [2.05, 4.69) is 141 Å². The van der Waals surface area contributed by atoms with Gasteiger partial charge in [-0.1, -0.05) is 54.4 Å². The fraction of sp³-hybridized carbons (Fsp3) is 0.149. The fourth-order valence-electron chi connectivity index (χ4n) is 5.55. The van der Waals surface area contributed by atoms with Gasteiger partial charge in [-0.15, -0.1) is 0 Å². The summed E-state index contributed by atoms with van der Waals surface area (Å²) in [6, 6.07) is 21.9. The van der Waals surface area contributed by atoms with Crippen LogP contribution in [-0.2, 0) is 16.1 Å². The van der Waals surface area contributed by atoms with Crippen LogP contribution in [0, 0.1) is 0 Å². The van der Waals surface area contributed by atoms with E-state index in [0.717, 1.165) is 75.3 Å². The van der Waals surface area contributed by atoms with Gasteiger partial charge >= 0.3 is 0 Å². The van der Waals surface area contributed by atoms with Crippen LogP contribution in [0.25, 0.3) is 22.3 Å². The summed E-state index contributed by atoms with van der Waals surface area (Å²) in [5, 5.41) is 13.9. The largest absolute Gasteiger partial charge is 0.490 e. The van der Waals surface area contributed by atoms with Gasteiger partial charge in [0.25, 0.3) is 11.8 Å². The Hall–Kier alpha value is -6.91. The zero-order valence-electron chi connectivity index (χ0n) is 30.9. The van der Waals surface area contributed by atoms with Crippen LogP contribution in [-0.4, -0.2) is 48.1 Å². The number of fused-ring (bicyclic) bond motifs is 3. The minimum absolute atomic E-state index is 0. The number of imidazole rings is 1. The number of aromatic nitrogens is 2. The molecule has 2 amide bonds. The van der Waals surface area contributed by atoms with Crippen molar-refractivity contribution in [3.05, 3.63) is 164 Å². The number of nitrogens with one attached hydrogen (secondary N) is 3. The molecule has 0 bridgehead atoms. The van der Waals surface area contributed by atoms with Crippen LogP contribution in [0.5, 0.6) is 17.2 Å². The second kappa shape index (κ2) is 23.5. The van der Waals surface area contributed by atoms with Crippen molar-refractivity contribution in [1.29, 1.82) is 0 Å². The first-order valence-corrected chi connectivity index (χ1v) is 20.2. The highest BCUT2D eigenvalue weighted by atomic mass is 79.9. The zero-order valence-corrected chi connectivity index (χ0v) is 34.1. The van der Waals surface area contributed by atoms with Crippen LogP contribution in [0.15, 0.2) is 159 Å². The Kier molecular flexibility index (Phi) is 17.9. The third kappa shape index (κ3) is 13.1. The summed E-state index contributed by atoms with van der Waals surface area (Å²) >= 11 is 6.68. The molecule has 0 fully saturated rings. The van der Waals surface area contributed by atoms with Crippen LogP contribution in [0.2, 0.25) is 0 Å². The number of amides is 2. The van der Waals surface area contributed by atoms with Gasteiger partial charge in [-0.05, 0) is 140 Å². The Morgan fingerprint density at radius 2 is 1.27 bits per heavy atom. The lowest BCUT2D eigenvalue weighted by Gasteiger charge is -2.31. The van der Waals surface area contributed by atoms with E-state index in [1.165, 1.54) is 11.1 Å². The van der Waals surface area contributed by atoms with Gasteiger partial charge in [0.05, 0.1) is 42.2 Å². The predicted octanol–water partition coefficient (Wildman–Crippen LogP) is 11.2. The number of hydrogen-bond acceptors (Lipinski definition) is 9. The van der Waals surface area contributed by atoms with E-state index < -0.39 is 0 Å². The van der Waals surface area contributed by atoms with Gasteiger partial charge in [0, 0.05) is 10.7 Å². The molecule has 0 saturated heterocycles. The number of halogens is 1. The van der Waals surface area contributed by atoms with E-state index in [-0.39, 0.29) is 39.9 Å². The zero-order chi connectivity index (χ0) is 40.5. The molecule has 3 aromatic heterocycles. The molecule has 0 spiro atoms. The molecule has 0 radical (unpaired) electrons.